The summed E-state index contributed by atoms with van der Waals surface area (Å²) in [5.74, 6) is 1.45. The highest BCUT2D eigenvalue weighted by atomic mass is 35.5. The summed E-state index contributed by atoms with van der Waals surface area (Å²) < 4.78 is 0. The van der Waals surface area contributed by atoms with E-state index >= 15 is 0 Å². The largest absolute Gasteiger partial charge is 0.389 e. The molecule has 0 aliphatic carbocycles. The van der Waals surface area contributed by atoms with Crippen molar-refractivity contribution in [1.29, 1.82) is 0 Å². The number of anilines is 1. The van der Waals surface area contributed by atoms with Crippen molar-refractivity contribution in [3.63, 3.8) is 0 Å². The van der Waals surface area contributed by atoms with E-state index in [1.165, 1.54) is 6.42 Å². The standard InChI is InChI=1S/C14H19ClN2S/c1-9(2)10-5-6-17(8-10)13-7-11(15)3-4-12(13)14(16)18/h3-4,7,9-10H,5-6,8H2,1-2H3,(H2,16,18). The Hall–Kier alpha value is -0.800. The first kappa shape index (κ1) is 13.6. The number of rotatable bonds is 3. The van der Waals surface area contributed by atoms with Gasteiger partial charge in [-0.05, 0) is 36.5 Å². The van der Waals surface area contributed by atoms with Crippen molar-refractivity contribution >= 4 is 34.5 Å². The first-order chi connectivity index (χ1) is 8.49. The maximum absolute atomic E-state index is 6.09. The minimum atomic E-state index is 0.440. The molecule has 1 aromatic rings. The quantitative estimate of drug-likeness (QED) is 0.861. The van der Waals surface area contributed by atoms with Gasteiger partial charge in [-0.1, -0.05) is 37.7 Å². The first-order valence-corrected chi connectivity index (χ1v) is 7.12. The van der Waals surface area contributed by atoms with Gasteiger partial charge in [-0.3, -0.25) is 0 Å². The third-order valence-corrected chi connectivity index (χ3v) is 4.19. The van der Waals surface area contributed by atoms with E-state index < -0.39 is 0 Å². The van der Waals surface area contributed by atoms with Gasteiger partial charge >= 0.3 is 0 Å². The summed E-state index contributed by atoms with van der Waals surface area (Å²) >= 11 is 11.2. The van der Waals surface area contributed by atoms with Crippen LogP contribution in [-0.2, 0) is 0 Å². The molecule has 18 heavy (non-hydrogen) atoms. The van der Waals surface area contributed by atoms with Crippen LogP contribution in [0.2, 0.25) is 5.02 Å². The molecule has 1 saturated heterocycles. The smallest absolute Gasteiger partial charge is 0.106 e. The summed E-state index contributed by atoms with van der Waals surface area (Å²) in [6.07, 6.45) is 1.22. The van der Waals surface area contributed by atoms with Crippen LogP contribution in [0.1, 0.15) is 25.8 Å². The Morgan fingerprint density at radius 1 is 1.50 bits per heavy atom. The first-order valence-electron chi connectivity index (χ1n) is 6.33. The average molecular weight is 283 g/mol. The number of nitrogens with two attached hydrogens (primary N) is 1. The van der Waals surface area contributed by atoms with Crippen molar-refractivity contribution in [1.82, 2.24) is 0 Å². The van der Waals surface area contributed by atoms with Gasteiger partial charge in [0.1, 0.15) is 4.99 Å². The fourth-order valence-corrected chi connectivity index (χ4v) is 2.86. The van der Waals surface area contributed by atoms with Crippen LogP contribution in [0.15, 0.2) is 18.2 Å². The molecule has 2 N–H and O–H groups in total. The molecule has 1 aliphatic heterocycles. The number of halogens is 1. The van der Waals surface area contributed by atoms with Crippen molar-refractivity contribution < 1.29 is 0 Å². The predicted molar refractivity (Wildman–Crippen MR) is 82.5 cm³/mol. The van der Waals surface area contributed by atoms with E-state index in [0.717, 1.165) is 35.3 Å². The fraction of sp³-hybridized carbons (Fsp3) is 0.500. The highest BCUT2D eigenvalue weighted by Gasteiger charge is 2.26. The van der Waals surface area contributed by atoms with Gasteiger partial charge in [0.25, 0.3) is 0 Å². The molecule has 1 fully saturated rings. The normalized spacial score (nSPS) is 19.6. The van der Waals surface area contributed by atoms with Crippen LogP contribution < -0.4 is 10.6 Å². The van der Waals surface area contributed by atoms with E-state index in [1.807, 2.05) is 18.2 Å². The van der Waals surface area contributed by atoms with E-state index in [1.54, 1.807) is 0 Å². The zero-order chi connectivity index (χ0) is 13.3. The summed E-state index contributed by atoms with van der Waals surface area (Å²) in [6.45, 7) is 6.67. The summed E-state index contributed by atoms with van der Waals surface area (Å²) in [7, 11) is 0. The predicted octanol–water partition coefficient (Wildman–Crippen LogP) is 3.46. The molecule has 2 nitrogen and oxygen atoms in total. The zero-order valence-corrected chi connectivity index (χ0v) is 12.4. The van der Waals surface area contributed by atoms with Crippen LogP contribution in [-0.4, -0.2) is 18.1 Å². The SMILES string of the molecule is CC(C)C1CCN(c2cc(Cl)ccc2C(N)=S)C1. The Morgan fingerprint density at radius 2 is 2.22 bits per heavy atom. The Morgan fingerprint density at radius 3 is 2.78 bits per heavy atom. The van der Waals surface area contributed by atoms with Crippen molar-refractivity contribution in [3.05, 3.63) is 28.8 Å². The molecule has 1 heterocycles. The highest BCUT2D eigenvalue weighted by Crippen LogP contribution is 2.32. The lowest BCUT2D eigenvalue weighted by Crippen LogP contribution is -2.24. The van der Waals surface area contributed by atoms with E-state index in [4.69, 9.17) is 29.6 Å². The summed E-state index contributed by atoms with van der Waals surface area (Å²) in [5, 5.41) is 0.734. The molecular formula is C14H19ClN2S. The molecule has 0 saturated carbocycles. The van der Waals surface area contributed by atoms with Crippen molar-refractivity contribution in [2.45, 2.75) is 20.3 Å². The van der Waals surface area contributed by atoms with Crippen LogP contribution in [0.25, 0.3) is 0 Å². The topological polar surface area (TPSA) is 29.3 Å². The summed E-state index contributed by atoms with van der Waals surface area (Å²) in [5.41, 5.74) is 7.80. The second kappa shape index (κ2) is 5.45. The van der Waals surface area contributed by atoms with Gasteiger partial charge in [-0.15, -0.1) is 0 Å². The van der Waals surface area contributed by atoms with Crippen molar-refractivity contribution in [2.24, 2.45) is 17.6 Å². The lowest BCUT2D eigenvalue weighted by molar-refractivity contribution is 0.423. The molecule has 2 rings (SSSR count). The molecule has 1 aromatic carbocycles. The molecule has 1 atom stereocenters. The molecule has 1 aliphatic rings. The summed E-state index contributed by atoms with van der Waals surface area (Å²) in [4.78, 5) is 2.79. The van der Waals surface area contributed by atoms with Gasteiger partial charge in [0, 0.05) is 29.4 Å². The second-order valence-electron chi connectivity index (χ2n) is 5.26. The van der Waals surface area contributed by atoms with Crippen molar-refractivity contribution in [3.8, 4) is 0 Å². The third-order valence-electron chi connectivity index (χ3n) is 3.73. The Labute approximate surface area is 119 Å². The molecule has 4 heteroatoms. The van der Waals surface area contributed by atoms with E-state index in [9.17, 15) is 0 Å². The van der Waals surface area contributed by atoms with Gasteiger partial charge in [-0.25, -0.2) is 0 Å². The van der Waals surface area contributed by atoms with Crippen LogP contribution in [0.3, 0.4) is 0 Å². The summed E-state index contributed by atoms with van der Waals surface area (Å²) in [6, 6.07) is 5.73. The molecule has 0 spiro atoms. The number of thiocarbonyl (C=S) groups is 1. The van der Waals surface area contributed by atoms with E-state index in [0.29, 0.717) is 10.9 Å². The Balaban J connectivity index is 2.28. The van der Waals surface area contributed by atoms with Gasteiger partial charge in [-0.2, -0.15) is 0 Å². The molecule has 98 valence electrons. The fourth-order valence-electron chi connectivity index (χ4n) is 2.53. The second-order valence-corrected chi connectivity index (χ2v) is 6.14. The van der Waals surface area contributed by atoms with Gasteiger partial charge in [0.2, 0.25) is 0 Å². The molecular weight excluding hydrogens is 264 g/mol. The number of benzene rings is 1. The molecule has 0 radical (unpaired) electrons. The Bertz CT molecular complexity index is 459. The highest BCUT2D eigenvalue weighted by molar-refractivity contribution is 7.80. The lowest BCUT2D eigenvalue weighted by Gasteiger charge is -2.23. The van der Waals surface area contributed by atoms with E-state index in [-0.39, 0.29) is 0 Å². The van der Waals surface area contributed by atoms with Crippen LogP contribution in [0.5, 0.6) is 0 Å². The van der Waals surface area contributed by atoms with Gasteiger partial charge < -0.3 is 10.6 Å². The van der Waals surface area contributed by atoms with Crippen LogP contribution >= 0.6 is 23.8 Å². The van der Waals surface area contributed by atoms with Gasteiger partial charge in [0.05, 0.1) is 0 Å². The van der Waals surface area contributed by atoms with Crippen LogP contribution in [0.4, 0.5) is 5.69 Å². The minimum Gasteiger partial charge on any atom is -0.389 e. The van der Waals surface area contributed by atoms with Crippen molar-refractivity contribution in [2.75, 3.05) is 18.0 Å². The van der Waals surface area contributed by atoms with Gasteiger partial charge in [0.15, 0.2) is 0 Å². The number of nitrogens with zero attached hydrogens (tertiary/aromatic N) is 1. The molecule has 0 amide bonds. The maximum Gasteiger partial charge on any atom is 0.106 e. The van der Waals surface area contributed by atoms with Crippen LogP contribution in [0, 0.1) is 11.8 Å². The number of hydrogen-bond donors (Lipinski definition) is 1. The zero-order valence-electron chi connectivity index (χ0n) is 10.8. The molecule has 0 bridgehead atoms. The molecule has 0 aromatic heterocycles. The number of hydrogen-bond acceptors (Lipinski definition) is 2. The average Bonchev–Trinajstić information content (AvgIpc) is 2.77. The maximum atomic E-state index is 6.09. The third kappa shape index (κ3) is 2.78. The Kier molecular flexibility index (Phi) is 4.13. The lowest BCUT2D eigenvalue weighted by atomic mass is 9.95. The minimum absolute atomic E-state index is 0.440. The monoisotopic (exact) mass is 282 g/mol. The van der Waals surface area contributed by atoms with E-state index in [2.05, 4.69) is 18.7 Å². The molecule has 1 unspecified atom stereocenters.